The molecule has 5 rings (SSSR count). The van der Waals surface area contributed by atoms with Crippen LogP contribution >= 0.6 is 0 Å². The first-order chi connectivity index (χ1) is 14.2. The second-order valence-corrected chi connectivity index (χ2v) is 12.1. The van der Waals surface area contributed by atoms with Crippen LogP contribution in [0.25, 0.3) is 0 Å². The second kappa shape index (κ2) is 7.19. The number of rotatable bonds is 2. The van der Waals surface area contributed by atoms with E-state index in [0.717, 1.165) is 54.4 Å². The lowest BCUT2D eigenvalue weighted by Crippen LogP contribution is -2.51. The van der Waals surface area contributed by atoms with Gasteiger partial charge in [0.2, 0.25) is 0 Å². The van der Waals surface area contributed by atoms with E-state index in [2.05, 4.69) is 39.0 Å². The molecule has 0 aliphatic heterocycles. The average Bonchev–Trinajstić information content (AvgIpc) is 3.02. The summed E-state index contributed by atoms with van der Waals surface area (Å²) in [4.78, 5) is 13.6. The molecule has 164 valence electrons. The van der Waals surface area contributed by atoms with Crippen LogP contribution in [0, 0.1) is 54.8 Å². The number of aliphatic hydroxyl groups is 1. The van der Waals surface area contributed by atoms with E-state index >= 15 is 0 Å². The number of benzene rings is 1. The molecule has 2 nitrogen and oxygen atoms in total. The van der Waals surface area contributed by atoms with Gasteiger partial charge in [0.1, 0.15) is 0 Å². The van der Waals surface area contributed by atoms with Crippen LogP contribution in [0.4, 0.5) is 0 Å². The predicted octanol–water partition coefficient (Wildman–Crippen LogP) is 6.51. The largest absolute Gasteiger partial charge is 0.390 e. The van der Waals surface area contributed by atoms with Gasteiger partial charge in [-0.3, -0.25) is 4.79 Å². The normalized spacial score (nSPS) is 45.4. The molecule has 0 amide bonds. The topological polar surface area (TPSA) is 37.3 Å². The Morgan fingerprint density at radius 1 is 0.867 bits per heavy atom. The summed E-state index contributed by atoms with van der Waals surface area (Å²) in [5.41, 5.74) is 3.10. The first-order valence-electron chi connectivity index (χ1n) is 12.5. The lowest BCUT2D eigenvalue weighted by Gasteiger charge is -2.56. The fourth-order valence-electron chi connectivity index (χ4n) is 8.83. The van der Waals surface area contributed by atoms with E-state index in [1.807, 2.05) is 6.92 Å². The summed E-state index contributed by atoms with van der Waals surface area (Å²) in [6.07, 6.45) is 10.7. The Balaban J connectivity index is 1.37. The third-order valence-corrected chi connectivity index (χ3v) is 10.1. The highest BCUT2D eigenvalue weighted by molar-refractivity contribution is 5.99. The molecule has 2 heteroatoms. The summed E-state index contributed by atoms with van der Waals surface area (Å²) in [5, 5.41) is 10.6. The lowest BCUT2D eigenvalue weighted by atomic mass is 9.49. The quantitative estimate of drug-likeness (QED) is 0.567. The lowest BCUT2D eigenvalue weighted by molar-refractivity contribution is -0.0976. The third kappa shape index (κ3) is 3.29. The van der Waals surface area contributed by atoms with Crippen LogP contribution in [0.1, 0.15) is 93.1 Å². The molecule has 0 heterocycles. The van der Waals surface area contributed by atoms with Crippen LogP contribution in [-0.2, 0) is 0 Å². The number of carbonyl (C=O) groups is 1. The molecule has 0 radical (unpaired) electrons. The Hall–Kier alpha value is -1.15. The number of hydrogen-bond acceptors (Lipinski definition) is 2. The smallest absolute Gasteiger partial charge is 0.166 e. The van der Waals surface area contributed by atoms with Crippen molar-refractivity contribution < 1.29 is 9.90 Å². The first-order valence-corrected chi connectivity index (χ1v) is 12.5. The van der Waals surface area contributed by atoms with E-state index in [1.54, 1.807) is 0 Å². The molecule has 0 aromatic heterocycles. The van der Waals surface area contributed by atoms with Gasteiger partial charge < -0.3 is 5.11 Å². The summed E-state index contributed by atoms with van der Waals surface area (Å²) < 4.78 is 0. The van der Waals surface area contributed by atoms with Crippen molar-refractivity contribution in [3.63, 3.8) is 0 Å². The highest BCUT2D eigenvalue weighted by Crippen LogP contribution is 2.65. The summed E-state index contributed by atoms with van der Waals surface area (Å²) in [6, 6.07) is 6.38. The molecular formula is C28H40O2. The van der Waals surface area contributed by atoms with Gasteiger partial charge in [0, 0.05) is 11.5 Å². The first kappa shape index (κ1) is 20.7. The Bertz CT molecular complexity index is 819. The second-order valence-electron chi connectivity index (χ2n) is 12.1. The molecule has 1 N–H and O–H groups in total. The third-order valence-electron chi connectivity index (χ3n) is 10.1. The average molecular weight is 409 g/mol. The van der Waals surface area contributed by atoms with E-state index in [0.29, 0.717) is 5.78 Å². The minimum atomic E-state index is -0.437. The number of hydrogen-bond donors (Lipinski definition) is 1. The number of Topliss-reactive ketones (excluding diaryl/α,β-unsaturated/α-hetero) is 1. The molecule has 4 aliphatic carbocycles. The Morgan fingerprint density at radius 3 is 2.30 bits per heavy atom. The minimum Gasteiger partial charge on any atom is -0.390 e. The molecule has 0 bridgehead atoms. The van der Waals surface area contributed by atoms with Gasteiger partial charge in [-0.15, -0.1) is 0 Å². The van der Waals surface area contributed by atoms with Crippen LogP contribution in [-0.4, -0.2) is 16.5 Å². The van der Waals surface area contributed by atoms with E-state index in [4.69, 9.17) is 0 Å². The zero-order valence-electron chi connectivity index (χ0n) is 19.4. The van der Waals surface area contributed by atoms with Gasteiger partial charge in [-0.2, -0.15) is 0 Å². The fraction of sp³-hybridized carbons (Fsp3) is 0.750. The van der Waals surface area contributed by atoms with Crippen LogP contribution < -0.4 is 0 Å². The van der Waals surface area contributed by atoms with Crippen molar-refractivity contribution in [1.82, 2.24) is 0 Å². The highest BCUT2D eigenvalue weighted by Gasteiger charge is 2.58. The maximum Gasteiger partial charge on any atom is 0.166 e. The van der Waals surface area contributed by atoms with E-state index in [1.165, 1.54) is 49.7 Å². The minimum absolute atomic E-state index is 0.183. The van der Waals surface area contributed by atoms with Crippen molar-refractivity contribution in [2.75, 3.05) is 0 Å². The molecule has 30 heavy (non-hydrogen) atoms. The van der Waals surface area contributed by atoms with Crippen molar-refractivity contribution in [3.05, 3.63) is 34.9 Å². The molecule has 1 aromatic rings. The molecule has 0 spiro atoms. The van der Waals surface area contributed by atoms with Crippen molar-refractivity contribution in [1.29, 1.82) is 0 Å². The zero-order valence-corrected chi connectivity index (χ0v) is 19.4. The van der Waals surface area contributed by atoms with Gasteiger partial charge in [-0.05, 0) is 126 Å². The summed E-state index contributed by atoms with van der Waals surface area (Å²) >= 11 is 0. The van der Waals surface area contributed by atoms with Crippen LogP contribution in [0.15, 0.2) is 18.2 Å². The van der Waals surface area contributed by atoms with Crippen molar-refractivity contribution >= 4 is 5.78 Å². The van der Waals surface area contributed by atoms with Gasteiger partial charge in [0.25, 0.3) is 0 Å². The molecule has 4 aliphatic rings. The fourth-order valence-corrected chi connectivity index (χ4v) is 8.83. The SMILES string of the molecule is Cc1cc(C)cc(C(=O)[C@H]2CC[C@H]3[C@@H]4CC[C@@H]5C[C@](C)(O)CC[C@@H]5[C@H]4CC[C@]23C)c1. The van der Waals surface area contributed by atoms with Gasteiger partial charge >= 0.3 is 0 Å². The molecule has 0 unspecified atom stereocenters. The highest BCUT2D eigenvalue weighted by atomic mass is 16.3. The van der Waals surface area contributed by atoms with Crippen LogP contribution in [0.5, 0.6) is 0 Å². The van der Waals surface area contributed by atoms with Crippen LogP contribution in [0.2, 0.25) is 0 Å². The molecule has 0 saturated heterocycles. The van der Waals surface area contributed by atoms with Gasteiger partial charge in [-0.1, -0.05) is 24.1 Å². The van der Waals surface area contributed by atoms with Crippen LogP contribution in [0.3, 0.4) is 0 Å². The summed E-state index contributed by atoms with van der Waals surface area (Å²) in [5.74, 6) is 4.54. The number of aryl methyl sites for hydroxylation is 2. The zero-order chi connectivity index (χ0) is 21.3. The van der Waals surface area contributed by atoms with Crippen molar-refractivity contribution in [2.24, 2.45) is 40.9 Å². The Morgan fingerprint density at radius 2 is 1.57 bits per heavy atom. The number of fused-ring (bicyclic) bond motifs is 5. The molecule has 4 fully saturated rings. The maximum absolute atomic E-state index is 13.6. The monoisotopic (exact) mass is 408 g/mol. The predicted molar refractivity (Wildman–Crippen MR) is 121 cm³/mol. The van der Waals surface area contributed by atoms with Gasteiger partial charge in [0.05, 0.1) is 5.60 Å². The van der Waals surface area contributed by atoms with Crippen molar-refractivity contribution in [3.8, 4) is 0 Å². The summed E-state index contributed by atoms with van der Waals surface area (Å²) in [7, 11) is 0. The van der Waals surface area contributed by atoms with Gasteiger partial charge in [0.15, 0.2) is 5.78 Å². The molecule has 1 aromatic carbocycles. The van der Waals surface area contributed by atoms with E-state index in [9.17, 15) is 9.90 Å². The Labute approximate surface area is 182 Å². The number of ketones is 1. The molecule has 4 saturated carbocycles. The van der Waals surface area contributed by atoms with Gasteiger partial charge in [-0.25, -0.2) is 0 Å². The summed E-state index contributed by atoms with van der Waals surface area (Å²) in [6.45, 7) is 8.72. The van der Waals surface area contributed by atoms with E-state index in [-0.39, 0.29) is 11.3 Å². The van der Waals surface area contributed by atoms with Crippen molar-refractivity contribution in [2.45, 2.75) is 91.1 Å². The number of carbonyl (C=O) groups excluding carboxylic acids is 1. The molecule has 8 atom stereocenters. The molecular weight excluding hydrogens is 368 g/mol. The maximum atomic E-state index is 13.6. The standard InChI is InChI=1S/C28H40O2/c1-17-13-18(2)15-20(14-17)26(29)25-8-7-24-23-6-5-19-16-27(3,30)11-9-21(19)22(23)10-12-28(24,25)4/h13-15,19,21-25,30H,5-12,16H2,1-4H3/t19-,21+,22-,23-,24+,25-,27-,28+/m1/s1. The van der Waals surface area contributed by atoms with E-state index < -0.39 is 5.60 Å². The Kier molecular flexibility index (Phi) is 4.97.